The topological polar surface area (TPSA) is 33.3 Å². The summed E-state index contributed by atoms with van der Waals surface area (Å²) < 4.78 is 4.98. The van der Waals surface area contributed by atoms with E-state index in [-0.39, 0.29) is 0 Å². The van der Waals surface area contributed by atoms with Gasteiger partial charge < -0.3 is 15.4 Å². The van der Waals surface area contributed by atoms with Gasteiger partial charge in [0.05, 0.1) is 0 Å². The van der Waals surface area contributed by atoms with E-state index in [9.17, 15) is 0 Å². The van der Waals surface area contributed by atoms with Crippen LogP contribution in [0.15, 0.2) is 0 Å². The molecule has 0 radical (unpaired) electrons. The second-order valence-corrected chi connectivity index (χ2v) is 5.18. The van der Waals surface area contributed by atoms with Crippen LogP contribution < -0.4 is 10.6 Å². The number of hydrogen-bond acceptors (Lipinski definition) is 2. The molecule has 0 amide bonds. The van der Waals surface area contributed by atoms with Crippen molar-refractivity contribution in [1.29, 1.82) is 0 Å². The summed E-state index contributed by atoms with van der Waals surface area (Å²) in [7, 11) is 1.72. The van der Waals surface area contributed by atoms with Crippen molar-refractivity contribution in [1.82, 2.24) is 10.6 Å². The number of ether oxygens (including phenoxy) is 1. The third kappa shape index (κ3) is 4.26. The van der Waals surface area contributed by atoms with Crippen molar-refractivity contribution in [2.24, 2.45) is 11.8 Å². The summed E-state index contributed by atoms with van der Waals surface area (Å²) in [5.74, 6) is 1.53. The van der Waals surface area contributed by atoms with Crippen LogP contribution in [0.5, 0.6) is 0 Å². The Morgan fingerprint density at radius 2 is 2.12 bits per heavy atom. The third-order valence-electron chi connectivity index (χ3n) is 3.59. The lowest BCUT2D eigenvalue weighted by molar-refractivity contribution is 0.195. The molecule has 1 rings (SSSR count). The summed E-state index contributed by atoms with van der Waals surface area (Å²) >= 11 is 5.27. The Labute approximate surface area is 104 Å². The van der Waals surface area contributed by atoms with Crippen molar-refractivity contribution in [3.63, 3.8) is 0 Å². The zero-order chi connectivity index (χ0) is 12.0. The first-order chi connectivity index (χ1) is 7.65. The lowest BCUT2D eigenvalue weighted by atomic mass is 9.98. The molecule has 1 aliphatic carbocycles. The van der Waals surface area contributed by atoms with Crippen LogP contribution in [0.1, 0.15) is 33.1 Å². The molecule has 0 aromatic carbocycles. The molecule has 2 N–H and O–H groups in total. The molecule has 0 heterocycles. The fourth-order valence-corrected chi connectivity index (χ4v) is 2.46. The SMILES string of the molecule is COCCCNC(=S)NC1CCC(C)C1C. The Morgan fingerprint density at radius 1 is 1.38 bits per heavy atom. The molecule has 1 saturated carbocycles. The average molecular weight is 244 g/mol. The van der Waals surface area contributed by atoms with E-state index in [0.29, 0.717) is 6.04 Å². The summed E-state index contributed by atoms with van der Waals surface area (Å²) in [6, 6.07) is 0.553. The number of hydrogen-bond donors (Lipinski definition) is 2. The van der Waals surface area contributed by atoms with E-state index in [2.05, 4.69) is 24.5 Å². The number of thiocarbonyl (C=S) groups is 1. The molecule has 0 bridgehead atoms. The molecule has 4 heteroatoms. The third-order valence-corrected chi connectivity index (χ3v) is 3.85. The Hall–Kier alpha value is -0.350. The summed E-state index contributed by atoms with van der Waals surface area (Å²) in [5, 5.41) is 7.43. The molecular formula is C12H24N2OS. The Morgan fingerprint density at radius 3 is 2.69 bits per heavy atom. The molecular weight excluding hydrogens is 220 g/mol. The molecule has 0 aliphatic heterocycles. The second kappa shape index (κ2) is 7.07. The van der Waals surface area contributed by atoms with E-state index in [1.54, 1.807) is 7.11 Å². The van der Waals surface area contributed by atoms with E-state index in [4.69, 9.17) is 17.0 Å². The molecule has 3 unspecified atom stereocenters. The number of nitrogens with one attached hydrogen (secondary N) is 2. The maximum atomic E-state index is 5.27. The van der Waals surface area contributed by atoms with Gasteiger partial charge in [-0.25, -0.2) is 0 Å². The zero-order valence-electron chi connectivity index (χ0n) is 10.6. The summed E-state index contributed by atoms with van der Waals surface area (Å²) in [6.45, 7) is 6.30. The maximum absolute atomic E-state index is 5.27. The van der Waals surface area contributed by atoms with Crippen LogP contribution in [0.25, 0.3) is 0 Å². The van der Waals surface area contributed by atoms with Crippen LogP contribution in [0, 0.1) is 11.8 Å². The van der Waals surface area contributed by atoms with E-state index >= 15 is 0 Å². The Kier molecular flexibility index (Phi) is 6.06. The molecule has 0 aromatic heterocycles. The van der Waals surface area contributed by atoms with Crippen LogP contribution in [0.4, 0.5) is 0 Å². The molecule has 94 valence electrons. The normalized spacial score (nSPS) is 29.1. The minimum absolute atomic E-state index is 0.553. The van der Waals surface area contributed by atoms with Gasteiger partial charge in [-0.2, -0.15) is 0 Å². The Bertz CT molecular complexity index is 223. The highest BCUT2D eigenvalue weighted by molar-refractivity contribution is 7.80. The molecule has 0 saturated heterocycles. The van der Waals surface area contributed by atoms with E-state index in [0.717, 1.165) is 36.5 Å². The average Bonchev–Trinajstić information content (AvgIpc) is 2.56. The lowest BCUT2D eigenvalue weighted by Gasteiger charge is -2.21. The van der Waals surface area contributed by atoms with Crippen molar-refractivity contribution < 1.29 is 4.74 Å². The predicted molar refractivity (Wildman–Crippen MR) is 71.6 cm³/mol. The smallest absolute Gasteiger partial charge is 0.166 e. The van der Waals surface area contributed by atoms with Gasteiger partial charge in [-0.15, -0.1) is 0 Å². The van der Waals surface area contributed by atoms with Gasteiger partial charge in [-0.05, 0) is 43.3 Å². The van der Waals surface area contributed by atoms with Crippen LogP contribution in [-0.4, -0.2) is 31.4 Å². The first-order valence-electron chi connectivity index (χ1n) is 6.18. The molecule has 0 aromatic rings. The van der Waals surface area contributed by atoms with Crippen molar-refractivity contribution in [3.8, 4) is 0 Å². The van der Waals surface area contributed by atoms with E-state index in [1.165, 1.54) is 12.8 Å². The first kappa shape index (κ1) is 13.7. The van der Waals surface area contributed by atoms with E-state index < -0.39 is 0 Å². The molecule has 3 nitrogen and oxygen atoms in total. The van der Waals surface area contributed by atoms with Crippen molar-refractivity contribution in [3.05, 3.63) is 0 Å². The lowest BCUT2D eigenvalue weighted by Crippen LogP contribution is -2.43. The molecule has 16 heavy (non-hydrogen) atoms. The highest BCUT2D eigenvalue weighted by atomic mass is 32.1. The van der Waals surface area contributed by atoms with Gasteiger partial charge in [0.15, 0.2) is 5.11 Å². The highest BCUT2D eigenvalue weighted by Gasteiger charge is 2.29. The van der Waals surface area contributed by atoms with Gasteiger partial charge in [0.2, 0.25) is 0 Å². The summed E-state index contributed by atoms with van der Waals surface area (Å²) in [6.07, 6.45) is 3.54. The van der Waals surface area contributed by atoms with Crippen LogP contribution in [0.3, 0.4) is 0 Å². The van der Waals surface area contributed by atoms with Gasteiger partial charge >= 0.3 is 0 Å². The number of methoxy groups -OCH3 is 1. The second-order valence-electron chi connectivity index (χ2n) is 4.77. The van der Waals surface area contributed by atoms with Crippen LogP contribution in [-0.2, 0) is 4.74 Å². The molecule has 3 atom stereocenters. The van der Waals surface area contributed by atoms with Crippen molar-refractivity contribution >= 4 is 17.3 Å². The molecule has 0 spiro atoms. The summed E-state index contributed by atoms with van der Waals surface area (Å²) in [5.41, 5.74) is 0. The minimum atomic E-state index is 0.553. The number of rotatable bonds is 5. The van der Waals surface area contributed by atoms with Crippen LogP contribution in [0.2, 0.25) is 0 Å². The highest BCUT2D eigenvalue weighted by Crippen LogP contribution is 2.30. The molecule has 1 fully saturated rings. The standard InChI is InChI=1S/C12H24N2OS/c1-9-5-6-11(10(9)2)14-12(16)13-7-4-8-15-3/h9-11H,4-8H2,1-3H3,(H2,13,14,16). The van der Waals surface area contributed by atoms with Gasteiger partial charge in [-0.3, -0.25) is 0 Å². The molecule has 1 aliphatic rings. The van der Waals surface area contributed by atoms with Crippen LogP contribution >= 0.6 is 12.2 Å². The summed E-state index contributed by atoms with van der Waals surface area (Å²) in [4.78, 5) is 0. The van der Waals surface area contributed by atoms with Gasteiger partial charge in [0.25, 0.3) is 0 Å². The largest absolute Gasteiger partial charge is 0.385 e. The maximum Gasteiger partial charge on any atom is 0.166 e. The monoisotopic (exact) mass is 244 g/mol. The quantitative estimate of drug-likeness (QED) is 0.572. The van der Waals surface area contributed by atoms with E-state index in [1.807, 2.05) is 0 Å². The van der Waals surface area contributed by atoms with Crippen molar-refractivity contribution in [2.75, 3.05) is 20.3 Å². The minimum Gasteiger partial charge on any atom is -0.385 e. The van der Waals surface area contributed by atoms with Gasteiger partial charge in [-0.1, -0.05) is 13.8 Å². The van der Waals surface area contributed by atoms with Gasteiger partial charge in [0.1, 0.15) is 0 Å². The Balaban J connectivity index is 2.14. The predicted octanol–water partition coefficient (Wildman–Crippen LogP) is 1.92. The van der Waals surface area contributed by atoms with Crippen molar-refractivity contribution in [2.45, 2.75) is 39.2 Å². The zero-order valence-corrected chi connectivity index (χ0v) is 11.4. The fourth-order valence-electron chi connectivity index (χ4n) is 2.21. The van der Waals surface area contributed by atoms with Gasteiger partial charge in [0, 0.05) is 26.3 Å². The first-order valence-corrected chi connectivity index (χ1v) is 6.59. The fraction of sp³-hybridized carbons (Fsp3) is 0.917.